The summed E-state index contributed by atoms with van der Waals surface area (Å²) in [5, 5.41) is 1.63. The molecular weight excluding hydrogens is 448 g/mol. The van der Waals surface area contributed by atoms with E-state index in [-0.39, 0.29) is 11.3 Å². The lowest BCUT2D eigenvalue weighted by atomic mass is 9.91. The average Bonchev–Trinajstić information content (AvgIpc) is 2.85. The van der Waals surface area contributed by atoms with Crippen LogP contribution in [-0.2, 0) is 16.1 Å². The number of aromatic nitrogens is 1. The van der Waals surface area contributed by atoms with E-state index in [1.807, 2.05) is 12.1 Å². The second-order valence-electron chi connectivity index (χ2n) is 10.3. The van der Waals surface area contributed by atoms with Crippen LogP contribution in [0.15, 0.2) is 79.0 Å². The summed E-state index contributed by atoms with van der Waals surface area (Å²) in [6, 6.07) is 23.9. The Hall–Kier alpha value is -3.99. The zero-order chi connectivity index (χ0) is 25.9. The number of esters is 1. The van der Waals surface area contributed by atoms with Gasteiger partial charge in [0.15, 0.2) is 0 Å². The van der Waals surface area contributed by atoms with Crippen LogP contribution in [0.2, 0.25) is 0 Å². The van der Waals surface area contributed by atoms with E-state index in [4.69, 9.17) is 4.74 Å². The standard InChI is InChI=1S/C31H32N2O3/c1-21-7-6-8-24(17-21)23-11-9-22(10-12-23)20-33(28(34)19-31(2,3)4)29-27-14-13-26(30(35)36-5)18-25(27)15-16-32-29/h6-18H,19-20H2,1-5H3. The molecule has 5 heteroatoms. The first-order valence-electron chi connectivity index (χ1n) is 12.1. The van der Waals surface area contributed by atoms with Crippen molar-refractivity contribution in [2.45, 2.75) is 40.7 Å². The van der Waals surface area contributed by atoms with Crippen LogP contribution in [0.5, 0.6) is 0 Å². The Morgan fingerprint density at radius 2 is 1.67 bits per heavy atom. The summed E-state index contributed by atoms with van der Waals surface area (Å²) >= 11 is 0. The highest BCUT2D eigenvalue weighted by molar-refractivity contribution is 6.04. The van der Waals surface area contributed by atoms with Gasteiger partial charge >= 0.3 is 5.97 Å². The predicted molar refractivity (Wildman–Crippen MR) is 145 cm³/mol. The van der Waals surface area contributed by atoms with Gasteiger partial charge in [0.25, 0.3) is 0 Å². The first-order valence-corrected chi connectivity index (χ1v) is 12.1. The predicted octanol–water partition coefficient (Wildman–Crippen LogP) is 6.97. The minimum atomic E-state index is -0.398. The van der Waals surface area contributed by atoms with E-state index in [2.05, 4.69) is 81.2 Å². The summed E-state index contributed by atoms with van der Waals surface area (Å²) in [6.07, 6.45) is 2.06. The summed E-state index contributed by atoms with van der Waals surface area (Å²) in [5.41, 5.74) is 4.81. The normalized spacial score (nSPS) is 11.4. The molecule has 0 saturated heterocycles. The van der Waals surface area contributed by atoms with Crippen molar-refractivity contribution in [2.75, 3.05) is 12.0 Å². The Bertz CT molecular complexity index is 1400. The third kappa shape index (κ3) is 5.80. The Morgan fingerprint density at radius 3 is 2.33 bits per heavy atom. The van der Waals surface area contributed by atoms with Gasteiger partial charge in [0, 0.05) is 18.0 Å². The first kappa shape index (κ1) is 25.1. The summed E-state index contributed by atoms with van der Waals surface area (Å²) < 4.78 is 4.86. The summed E-state index contributed by atoms with van der Waals surface area (Å²) in [7, 11) is 1.36. The van der Waals surface area contributed by atoms with Crippen LogP contribution in [0, 0.1) is 12.3 Å². The fraction of sp³-hybridized carbons (Fsp3) is 0.258. The van der Waals surface area contributed by atoms with Gasteiger partial charge in [-0.05, 0) is 58.7 Å². The summed E-state index contributed by atoms with van der Waals surface area (Å²) in [4.78, 5) is 32.0. The van der Waals surface area contributed by atoms with Gasteiger partial charge in [-0.15, -0.1) is 0 Å². The maximum Gasteiger partial charge on any atom is 0.337 e. The van der Waals surface area contributed by atoms with E-state index in [1.54, 1.807) is 23.2 Å². The first-order chi connectivity index (χ1) is 17.1. The van der Waals surface area contributed by atoms with Gasteiger partial charge in [-0.1, -0.05) is 74.9 Å². The van der Waals surface area contributed by atoms with Crippen LogP contribution < -0.4 is 4.90 Å². The highest BCUT2D eigenvalue weighted by atomic mass is 16.5. The highest BCUT2D eigenvalue weighted by Gasteiger charge is 2.25. The van der Waals surface area contributed by atoms with Crippen molar-refractivity contribution in [1.29, 1.82) is 0 Å². The molecule has 0 fully saturated rings. The second kappa shape index (κ2) is 10.3. The van der Waals surface area contributed by atoms with Crippen molar-refractivity contribution in [3.63, 3.8) is 0 Å². The van der Waals surface area contributed by atoms with Crippen molar-refractivity contribution in [3.05, 3.63) is 95.7 Å². The van der Waals surface area contributed by atoms with Crippen LogP contribution >= 0.6 is 0 Å². The number of fused-ring (bicyclic) bond motifs is 1. The average molecular weight is 481 g/mol. The van der Waals surface area contributed by atoms with Gasteiger partial charge in [-0.2, -0.15) is 0 Å². The Labute approximate surface area is 212 Å². The molecule has 0 saturated carbocycles. The summed E-state index contributed by atoms with van der Waals surface area (Å²) in [5.74, 6) is 0.188. The second-order valence-corrected chi connectivity index (χ2v) is 10.3. The van der Waals surface area contributed by atoms with Crippen LogP contribution in [0.1, 0.15) is 48.7 Å². The molecule has 0 unspecified atom stereocenters. The van der Waals surface area contributed by atoms with E-state index in [0.29, 0.717) is 24.3 Å². The molecule has 0 aliphatic heterocycles. The fourth-order valence-corrected chi connectivity index (χ4v) is 4.26. The minimum Gasteiger partial charge on any atom is -0.465 e. The molecule has 4 rings (SSSR count). The number of anilines is 1. The number of rotatable bonds is 6. The molecule has 0 aliphatic carbocycles. The molecule has 5 nitrogen and oxygen atoms in total. The number of carbonyl (C=O) groups is 2. The molecule has 1 amide bonds. The molecule has 0 atom stereocenters. The number of carbonyl (C=O) groups excluding carboxylic acids is 2. The summed E-state index contributed by atoms with van der Waals surface area (Å²) in [6.45, 7) is 8.65. The lowest BCUT2D eigenvalue weighted by molar-refractivity contribution is -0.120. The largest absolute Gasteiger partial charge is 0.465 e. The Kier molecular flexibility index (Phi) is 7.20. The number of amides is 1. The number of methoxy groups -OCH3 is 1. The van der Waals surface area contributed by atoms with Crippen LogP contribution in [0.4, 0.5) is 5.82 Å². The zero-order valence-corrected chi connectivity index (χ0v) is 21.5. The molecule has 1 aromatic heterocycles. The zero-order valence-electron chi connectivity index (χ0n) is 21.5. The van der Waals surface area contributed by atoms with Crippen LogP contribution in [0.25, 0.3) is 21.9 Å². The molecule has 1 heterocycles. The Balaban J connectivity index is 1.71. The third-order valence-corrected chi connectivity index (χ3v) is 6.05. The maximum atomic E-state index is 13.6. The quantitative estimate of drug-likeness (QED) is 0.280. The number of ether oxygens (including phenoxy) is 1. The van der Waals surface area contributed by atoms with Gasteiger partial charge in [0.2, 0.25) is 5.91 Å². The van der Waals surface area contributed by atoms with Crippen molar-refractivity contribution in [1.82, 2.24) is 4.98 Å². The third-order valence-electron chi connectivity index (χ3n) is 6.05. The topological polar surface area (TPSA) is 59.5 Å². The van der Waals surface area contributed by atoms with E-state index >= 15 is 0 Å². The molecule has 4 aromatic rings. The van der Waals surface area contributed by atoms with Gasteiger partial charge in [-0.3, -0.25) is 9.69 Å². The maximum absolute atomic E-state index is 13.6. The van der Waals surface area contributed by atoms with Crippen molar-refractivity contribution in [2.24, 2.45) is 5.41 Å². The number of hydrogen-bond acceptors (Lipinski definition) is 4. The van der Waals surface area contributed by atoms with Crippen LogP contribution in [-0.4, -0.2) is 24.0 Å². The number of pyridine rings is 1. The molecule has 36 heavy (non-hydrogen) atoms. The van der Waals surface area contributed by atoms with E-state index in [0.717, 1.165) is 21.9 Å². The number of aryl methyl sites for hydroxylation is 1. The molecular formula is C31H32N2O3. The van der Waals surface area contributed by atoms with Crippen molar-refractivity contribution < 1.29 is 14.3 Å². The van der Waals surface area contributed by atoms with Gasteiger partial charge in [0.1, 0.15) is 5.82 Å². The lowest BCUT2D eigenvalue weighted by Gasteiger charge is -2.27. The molecule has 0 radical (unpaired) electrons. The van der Waals surface area contributed by atoms with Crippen LogP contribution in [0.3, 0.4) is 0 Å². The van der Waals surface area contributed by atoms with E-state index < -0.39 is 5.97 Å². The Morgan fingerprint density at radius 1 is 0.917 bits per heavy atom. The smallest absolute Gasteiger partial charge is 0.337 e. The molecule has 3 aromatic carbocycles. The highest BCUT2D eigenvalue weighted by Crippen LogP contribution is 2.30. The molecule has 0 aliphatic rings. The SMILES string of the molecule is COC(=O)c1ccc2c(N(Cc3ccc(-c4cccc(C)c4)cc3)C(=O)CC(C)(C)C)nccc2c1. The number of nitrogens with zero attached hydrogens (tertiary/aromatic N) is 2. The fourth-order valence-electron chi connectivity index (χ4n) is 4.26. The molecule has 0 spiro atoms. The van der Waals surface area contributed by atoms with Crippen molar-refractivity contribution >= 4 is 28.5 Å². The number of hydrogen-bond donors (Lipinski definition) is 0. The monoisotopic (exact) mass is 480 g/mol. The van der Waals surface area contributed by atoms with Gasteiger partial charge < -0.3 is 4.74 Å². The molecule has 0 N–H and O–H groups in total. The molecule has 184 valence electrons. The van der Waals surface area contributed by atoms with E-state index in [9.17, 15) is 9.59 Å². The van der Waals surface area contributed by atoms with E-state index in [1.165, 1.54) is 18.2 Å². The van der Waals surface area contributed by atoms with Gasteiger partial charge in [0.05, 0.1) is 19.2 Å². The molecule has 0 bridgehead atoms. The van der Waals surface area contributed by atoms with Gasteiger partial charge in [-0.25, -0.2) is 9.78 Å². The minimum absolute atomic E-state index is 0.00213. The lowest BCUT2D eigenvalue weighted by Crippen LogP contribution is -2.34. The number of benzene rings is 3. The van der Waals surface area contributed by atoms with Crippen molar-refractivity contribution in [3.8, 4) is 11.1 Å².